The van der Waals surface area contributed by atoms with E-state index in [1.165, 1.54) is 12.0 Å². The van der Waals surface area contributed by atoms with Crippen LogP contribution in [-0.4, -0.2) is 29.3 Å². The first-order valence-electron chi connectivity index (χ1n) is 8.22. The first-order chi connectivity index (χ1) is 11.2. The zero-order valence-corrected chi connectivity index (χ0v) is 17.0. The topological polar surface area (TPSA) is 54.2 Å². The van der Waals surface area contributed by atoms with Gasteiger partial charge in [-0.15, -0.1) is 24.0 Å². The third kappa shape index (κ3) is 6.90. The fraction of sp³-hybridized carbons (Fsp3) is 0.444. The Hall–Kier alpha value is -1.57. The highest BCUT2D eigenvalue weighted by atomic mass is 127. The van der Waals surface area contributed by atoms with Crippen LogP contribution in [0.2, 0.25) is 0 Å². The van der Waals surface area contributed by atoms with Crippen molar-refractivity contribution in [1.82, 2.24) is 20.4 Å². The summed E-state index contributed by atoms with van der Waals surface area (Å²) in [6.07, 6.45) is 6.12. The second kappa shape index (κ2) is 11.1. The van der Waals surface area contributed by atoms with E-state index in [4.69, 9.17) is 0 Å². The van der Waals surface area contributed by atoms with Crippen LogP contribution in [0.1, 0.15) is 32.3 Å². The van der Waals surface area contributed by atoms with Gasteiger partial charge < -0.3 is 10.6 Å². The summed E-state index contributed by atoms with van der Waals surface area (Å²) in [5, 5.41) is 10.9. The number of nitrogens with zero attached hydrogens (tertiary/aromatic N) is 3. The normalized spacial score (nSPS) is 11.2. The molecule has 0 saturated heterocycles. The standard InChI is InChI=1S/C18H27N5.HI/c1-15(2)6-4-11-20-18(19-3)21-14-16-7-9-17(10-8-16)23-13-5-12-22-23;/h5,7-10,12-13,15H,4,6,11,14H2,1-3H3,(H2,19,20,21);1H. The predicted molar refractivity (Wildman–Crippen MR) is 111 cm³/mol. The Morgan fingerprint density at radius 3 is 2.54 bits per heavy atom. The van der Waals surface area contributed by atoms with E-state index >= 15 is 0 Å². The molecule has 0 spiro atoms. The molecule has 24 heavy (non-hydrogen) atoms. The van der Waals surface area contributed by atoms with Gasteiger partial charge >= 0.3 is 0 Å². The number of hydrogen-bond acceptors (Lipinski definition) is 2. The average Bonchev–Trinajstić information content (AvgIpc) is 3.09. The molecule has 0 bridgehead atoms. The van der Waals surface area contributed by atoms with Gasteiger partial charge in [-0.2, -0.15) is 5.10 Å². The molecule has 0 amide bonds. The lowest BCUT2D eigenvalue weighted by Gasteiger charge is -2.13. The minimum absolute atomic E-state index is 0. The maximum absolute atomic E-state index is 4.26. The zero-order chi connectivity index (χ0) is 16.5. The molecule has 0 radical (unpaired) electrons. The second-order valence-corrected chi connectivity index (χ2v) is 6.01. The van der Waals surface area contributed by atoms with Gasteiger partial charge in [0.15, 0.2) is 5.96 Å². The van der Waals surface area contributed by atoms with E-state index in [2.05, 4.69) is 58.8 Å². The molecule has 5 nitrogen and oxygen atoms in total. The molecule has 0 unspecified atom stereocenters. The molecule has 0 atom stereocenters. The van der Waals surface area contributed by atoms with Crippen LogP contribution >= 0.6 is 24.0 Å². The van der Waals surface area contributed by atoms with Crippen LogP contribution < -0.4 is 10.6 Å². The molecule has 0 aliphatic rings. The summed E-state index contributed by atoms with van der Waals surface area (Å²) in [6, 6.07) is 10.3. The van der Waals surface area contributed by atoms with E-state index in [0.717, 1.165) is 37.1 Å². The average molecular weight is 441 g/mol. The highest BCUT2D eigenvalue weighted by Crippen LogP contribution is 2.08. The van der Waals surface area contributed by atoms with E-state index in [-0.39, 0.29) is 24.0 Å². The molecule has 2 N–H and O–H groups in total. The van der Waals surface area contributed by atoms with E-state index in [1.54, 1.807) is 13.2 Å². The maximum Gasteiger partial charge on any atom is 0.191 e. The van der Waals surface area contributed by atoms with Crippen LogP contribution in [0.3, 0.4) is 0 Å². The van der Waals surface area contributed by atoms with Gasteiger partial charge in [0, 0.05) is 32.5 Å². The largest absolute Gasteiger partial charge is 0.356 e. The summed E-state index contributed by atoms with van der Waals surface area (Å²) in [6.45, 7) is 6.21. The van der Waals surface area contributed by atoms with Crippen LogP contribution in [0, 0.1) is 5.92 Å². The van der Waals surface area contributed by atoms with E-state index in [0.29, 0.717) is 0 Å². The number of aliphatic imine (C=N–C) groups is 1. The Bertz CT molecular complexity index is 590. The molecular formula is C18H28IN5. The number of guanidine groups is 1. The van der Waals surface area contributed by atoms with Crippen molar-refractivity contribution in [1.29, 1.82) is 0 Å². The molecule has 0 aliphatic heterocycles. The van der Waals surface area contributed by atoms with Gasteiger partial charge in [0.25, 0.3) is 0 Å². The maximum atomic E-state index is 4.26. The minimum atomic E-state index is 0. The van der Waals surface area contributed by atoms with Crippen LogP contribution in [0.25, 0.3) is 5.69 Å². The molecule has 2 rings (SSSR count). The highest BCUT2D eigenvalue weighted by molar-refractivity contribution is 14.0. The first-order valence-corrected chi connectivity index (χ1v) is 8.22. The van der Waals surface area contributed by atoms with E-state index in [1.807, 2.05) is 16.9 Å². The molecule has 1 aromatic heterocycles. The van der Waals surface area contributed by atoms with Crippen molar-refractivity contribution in [2.75, 3.05) is 13.6 Å². The summed E-state index contributed by atoms with van der Waals surface area (Å²) in [5.74, 6) is 1.60. The van der Waals surface area contributed by atoms with Crippen molar-refractivity contribution in [2.45, 2.75) is 33.2 Å². The number of benzene rings is 1. The quantitative estimate of drug-likeness (QED) is 0.299. The Morgan fingerprint density at radius 1 is 1.21 bits per heavy atom. The SMILES string of the molecule is CN=C(NCCCC(C)C)NCc1ccc(-n2cccn2)cc1.I. The molecular weight excluding hydrogens is 413 g/mol. The Labute approximate surface area is 162 Å². The summed E-state index contributed by atoms with van der Waals surface area (Å²) in [7, 11) is 1.80. The number of nitrogens with one attached hydrogen (secondary N) is 2. The van der Waals surface area contributed by atoms with Gasteiger partial charge in [0.1, 0.15) is 0 Å². The smallest absolute Gasteiger partial charge is 0.191 e. The van der Waals surface area contributed by atoms with Crippen molar-refractivity contribution in [3.63, 3.8) is 0 Å². The highest BCUT2D eigenvalue weighted by Gasteiger charge is 2.00. The third-order valence-corrected chi connectivity index (χ3v) is 3.64. The lowest BCUT2D eigenvalue weighted by molar-refractivity contribution is 0.549. The number of hydrogen-bond donors (Lipinski definition) is 2. The third-order valence-electron chi connectivity index (χ3n) is 3.64. The van der Waals surface area contributed by atoms with Crippen molar-refractivity contribution in [3.8, 4) is 5.69 Å². The summed E-state index contributed by atoms with van der Waals surface area (Å²) < 4.78 is 1.85. The Kier molecular flexibility index (Phi) is 9.44. The van der Waals surface area contributed by atoms with Gasteiger partial charge in [0.2, 0.25) is 0 Å². The predicted octanol–water partition coefficient (Wildman–Crippen LogP) is 3.59. The van der Waals surface area contributed by atoms with Crippen molar-refractivity contribution >= 4 is 29.9 Å². The monoisotopic (exact) mass is 441 g/mol. The molecule has 0 saturated carbocycles. The van der Waals surface area contributed by atoms with Gasteiger partial charge in [-0.1, -0.05) is 26.0 Å². The van der Waals surface area contributed by atoms with Crippen LogP contribution in [0.5, 0.6) is 0 Å². The molecule has 132 valence electrons. The van der Waals surface area contributed by atoms with Crippen molar-refractivity contribution < 1.29 is 0 Å². The molecule has 1 heterocycles. The Balaban J connectivity index is 0.00000288. The summed E-state index contributed by atoms with van der Waals surface area (Å²) in [5.41, 5.74) is 2.28. The van der Waals surface area contributed by atoms with Gasteiger partial charge in [0.05, 0.1) is 5.69 Å². The van der Waals surface area contributed by atoms with Gasteiger partial charge in [-0.05, 0) is 42.5 Å². The molecule has 0 fully saturated rings. The molecule has 2 aromatic rings. The Morgan fingerprint density at radius 2 is 1.96 bits per heavy atom. The minimum Gasteiger partial charge on any atom is -0.356 e. The lowest BCUT2D eigenvalue weighted by atomic mass is 10.1. The van der Waals surface area contributed by atoms with Gasteiger partial charge in [-0.3, -0.25) is 4.99 Å². The zero-order valence-electron chi connectivity index (χ0n) is 14.7. The first kappa shape index (κ1) is 20.5. The number of aromatic nitrogens is 2. The van der Waals surface area contributed by atoms with Crippen LogP contribution in [-0.2, 0) is 6.54 Å². The molecule has 6 heteroatoms. The fourth-order valence-corrected chi connectivity index (χ4v) is 2.31. The molecule has 0 aliphatic carbocycles. The lowest BCUT2D eigenvalue weighted by Crippen LogP contribution is -2.37. The van der Waals surface area contributed by atoms with E-state index < -0.39 is 0 Å². The van der Waals surface area contributed by atoms with Gasteiger partial charge in [-0.25, -0.2) is 4.68 Å². The van der Waals surface area contributed by atoms with Crippen LogP contribution in [0.4, 0.5) is 0 Å². The van der Waals surface area contributed by atoms with Crippen LogP contribution in [0.15, 0.2) is 47.7 Å². The molecule has 1 aromatic carbocycles. The van der Waals surface area contributed by atoms with Crippen molar-refractivity contribution in [3.05, 3.63) is 48.3 Å². The fourth-order valence-electron chi connectivity index (χ4n) is 2.31. The summed E-state index contributed by atoms with van der Waals surface area (Å²) in [4.78, 5) is 4.26. The summed E-state index contributed by atoms with van der Waals surface area (Å²) >= 11 is 0. The number of halogens is 1. The second-order valence-electron chi connectivity index (χ2n) is 6.01. The number of rotatable bonds is 7. The van der Waals surface area contributed by atoms with Crippen molar-refractivity contribution in [2.24, 2.45) is 10.9 Å². The van der Waals surface area contributed by atoms with E-state index in [9.17, 15) is 0 Å².